The summed E-state index contributed by atoms with van der Waals surface area (Å²) in [5.74, 6) is 2.14. The van der Waals surface area contributed by atoms with E-state index in [4.69, 9.17) is 0 Å². The molecule has 4 nitrogen and oxygen atoms in total. The first-order valence-corrected chi connectivity index (χ1v) is 8.31. The zero-order chi connectivity index (χ0) is 14.1. The third-order valence-corrected chi connectivity index (χ3v) is 5.31. The van der Waals surface area contributed by atoms with Crippen LogP contribution in [0.15, 0.2) is 0 Å². The first-order chi connectivity index (χ1) is 8.88. The molecule has 0 saturated carbocycles. The highest BCUT2D eigenvalue weighted by Gasteiger charge is 2.43. The standard InChI is InChI=1S/C14H26N2O2S/c1-13(2,3)16-7-4-11(16)12(18)15-14(10-17)5-8-19-9-6-14/h11,17H,4-10H2,1-3H3,(H,15,18). The number of hydrogen-bond acceptors (Lipinski definition) is 4. The Morgan fingerprint density at radius 1 is 1.42 bits per heavy atom. The molecule has 0 bridgehead atoms. The van der Waals surface area contributed by atoms with Crippen LogP contribution in [0, 0.1) is 0 Å². The van der Waals surface area contributed by atoms with Crippen LogP contribution in [0.4, 0.5) is 0 Å². The number of likely N-dealkylation sites (tertiary alicyclic amines) is 1. The minimum Gasteiger partial charge on any atom is -0.394 e. The van der Waals surface area contributed by atoms with E-state index >= 15 is 0 Å². The van der Waals surface area contributed by atoms with Gasteiger partial charge in [0.2, 0.25) is 5.91 Å². The van der Waals surface area contributed by atoms with E-state index in [1.54, 1.807) is 0 Å². The average molecular weight is 286 g/mol. The predicted molar refractivity (Wildman–Crippen MR) is 79.4 cm³/mol. The van der Waals surface area contributed by atoms with Gasteiger partial charge in [0.1, 0.15) is 0 Å². The van der Waals surface area contributed by atoms with Crippen LogP contribution in [0.1, 0.15) is 40.0 Å². The van der Waals surface area contributed by atoms with Gasteiger partial charge in [-0.3, -0.25) is 9.69 Å². The van der Waals surface area contributed by atoms with Gasteiger partial charge >= 0.3 is 0 Å². The molecule has 19 heavy (non-hydrogen) atoms. The molecule has 0 aromatic carbocycles. The first kappa shape index (κ1) is 15.1. The van der Waals surface area contributed by atoms with Crippen molar-refractivity contribution in [2.24, 2.45) is 0 Å². The molecule has 0 spiro atoms. The van der Waals surface area contributed by atoms with Gasteiger partial charge in [-0.1, -0.05) is 0 Å². The Bertz CT molecular complexity index is 335. The summed E-state index contributed by atoms with van der Waals surface area (Å²) in [4.78, 5) is 14.7. The second-order valence-electron chi connectivity index (χ2n) is 6.71. The van der Waals surface area contributed by atoms with Gasteiger partial charge in [0.05, 0.1) is 18.2 Å². The SMILES string of the molecule is CC(C)(C)N1CCC1C(=O)NC1(CO)CCSCC1. The summed E-state index contributed by atoms with van der Waals surface area (Å²) < 4.78 is 0. The van der Waals surface area contributed by atoms with Gasteiger partial charge < -0.3 is 10.4 Å². The normalized spacial score (nSPS) is 27.7. The predicted octanol–water partition coefficient (Wildman–Crippen LogP) is 1.23. The summed E-state index contributed by atoms with van der Waals surface area (Å²) in [5.41, 5.74) is -0.337. The molecule has 0 radical (unpaired) electrons. The van der Waals surface area contributed by atoms with Crippen molar-refractivity contribution >= 4 is 17.7 Å². The van der Waals surface area contributed by atoms with Gasteiger partial charge in [-0.05, 0) is 51.5 Å². The second kappa shape index (κ2) is 5.62. The second-order valence-corrected chi connectivity index (χ2v) is 7.93. The molecule has 1 atom stereocenters. The lowest BCUT2D eigenvalue weighted by Gasteiger charge is -2.49. The van der Waals surface area contributed by atoms with E-state index in [9.17, 15) is 9.90 Å². The number of aliphatic hydroxyl groups excluding tert-OH is 1. The highest BCUT2D eigenvalue weighted by atomic mass is 32.2. The molecular weight excluding hydrogens is 260 g/mol. The van der Waals surface area contributed by atoms with E-state index in [0.717, 1.165) is 37.3 Å². The fraction of sp³-hybridized carbons (Fsp3) is 0.929. The molecule has 110 valence electrons. The Hall–Kier alpha value is -0.260. The molecule has 2 heterocycles. The summed E-state index contributed by atoms with van der Waals surface area (Å²) in [6, 6.07) is -0.0157. The number of nitrogens with one attached hydrogen (secondary N) is 1. The minimum atomic E-state index is -0.374. The van der Waals surface area contributed by atoms with Crippen LogP contribution in [-0.2, 0) is 4.79 Å². The van der Waals surface area contributed by atoms with Crippen LogP contribution in [0.3, 0.4) is 0 Å². The summed E-state index contributed by atoms with van der Waals surface area (Å²) >= 11 is 1.90. The molecule has 2 fully saturated rings. The van der Waals surface area contributed by atoms with Gasteiger partial charge in [-0.2, -0.15) is 11.8 Å². The third-order valence-electron chi connectivity index (χ3n) is 4.32. The minimum absolute atomic E-state index is 0.0157. The van der Waals surface area contributed by atoms with Crippen molar-refractivity contribution in [1.29, 1.82) is 0 Å². The molecule has 2 rings (SSSR count). The number of hydrogen-bond donors (Lipinski definition) is 2. The molecular formula is C14H26N2O2S. The number of amides is 1. The molecule has 2 aliphatic rings. The van der Waals surface area contributed by atoms with E-state index in [2.05, 4.69) is 31.0 Å². The van der Waals surface area contributed by atoms with Gasteiger partial charge in [-0.25, -0.2) is 0 Å². The smallest absolute Gasteiger partial charge is 0.237 e. The number of rotatable bonds is 3. The molecule has 2 N–H and O–H groups in total. The molecule has 1 unspecified atom stereocenters. The van der Waals surface area contributed by atoms with Crippen LogP contribution in [-0.4, -0.2) is 57.7 Å². The van der Waals surface area contributed by atoms with Gasteiger partial charge in [0.25, 0.3) is 0 Å². The lowest BCUT2D eigenvalue weighted by atomic mass is 9.89. The molecule has 2 aliphatic heterocycles. The molecule has 0 aromatic heterocycles. The van der Waals surface area contributed by atoms with E-state index in [1.807, 2.05) is 11.8 Å². The third kappa shape index (κ3) is 3.26. The first-order valence-electron chi connectivity index (χ1n) is 7.15. The highest BCUT2D eigenvalue weighted by molar-refractivity contribution is 7.99. The zero-order valence-electron chi connectivity index (χ0n) is 12.2. The van der Waals surface area contributed by atoms with E-state index in [-0.39, 0.29) is 29.6 Å². The quantitative estimate of drug-likeness (QED) is 0.819. The lowest BCUT2D eigenvalue weighted by Crippen LogP contribution is -2.66. The zero-order valence-corrected chi connectivity index (χ0v) is 13.1. The molecule has 5 heteroatoms. The van der Waals surface area contributed by atoms with Crippen molar-refractivity contribution in [3.05, 3.63) is 0 Å². The largest absolute Gasteiger partial charge is 0.394 e. The van der Waals surface area contributed by atoms with Crippen molar-refractivity contribution in [3.63, 3.8) is 0 Å². The maximum Gasteiger partial charge on any atom is 0.237 e. The van der Waals surface area contributed by atoms with Crippen molar-refractivity contribution in [1.82, 2.24) is 10.2 Å². The average Bonchev–Trinajstić information content (AvgIpc) is 2.26. The number of aliphatic hydroxyl groups is 1. The molecule has 0 aliphatic carbocycles. The fourth-order valence-corrected chi connectivity index (χ4v) is 4.17. The molecule has 0 aromatic rings. The molecule has 1 amide bonds. The topological polar surface area (TPSA) is 52.6 Å². The van der Waals surface area contributed by atoms with Gasteiger partial charge in [0.15, 0.2) is 0 Å². The van der Waals surface area contributed by atoms with Gasteiger partial charge in [0, 0.05) is 12.1 Å². The summed E-state index contributed by atoms with van der Waals surface area (Å²) in [6.45, 7) is 7.48. The number of carbonyl (C=O) groups excluding carboxylic acids is 1. The Morgan fingerprint density at radius 2 is 2.05 bits per heavy atom. The maximum absolute atomic E-state index is 12.4. The van der Waals surface area contributed by atoms with Crippen molar-refractivity contribution in [2.45, 2.75) is 57.2 Å². The Balaban J connectivity index is 1.97. The van der Waals surface area contributed by atoms with Crippen LogP contribution in [0.5, 0.6) is 0 Å². The highest BCUT2D eigenvalue weighted by Crippen LogP contribution is 2.30. The Morgan fingerprint density at radius 3 is 2.47 bits per heavy atom. The summed E-state index contributed by atoms with van der Waals surface area (Å²) in [6.07, 6.45) is 2.68. The Labute approximate surface area is 120 Å². The number of thioether (sulfide) groups is 1. The van der Waals surface area contributed by atoms with Gasteiger partial charge in [-0.15, -0.1) is 0 Å². The number of carbonyl (C=O) groups is 1. The summed E-state index contributed by atoms with van der Waals surface area (Å²) in [5, 5.41) is 12.8. The number of nitrogens with zero attached hydrogens (tertiary/aromatic N) is 1. The van der Waals surface area contributed by atoms with E-state index in [0.29, 0.717) is 0 Å². The van der Waals surface area contributed by atoms with Crippen LogP contribution in [0.2, 0.25) is 0 Å². The van der Waals surface area contributed by atoms with E-state index in [1.165, 1.54) is 0 Å². The van der Waals surface area contributed by atoms with Crippen LogP contribution < -0.4 is 5.32 Å². The van der Waals surface area contributed by atoms with Crippen molar-refractivity contribution in [3.8, 4) is 0 Å². The fourth-order valence-electron chi connectivity index (χ4n) is 2.89. The Kier molecular flexibility index (Phi) is 4.48. The summed E-state index contributed by atoms with van der Waals surface area (Å²) in [7, 11) is 0. The monoisotopic (exact) mass is 286 g/mol. The van der Waals surface area contributed by atoms with E-state index < -0.39 is 0 Å². The molecule has 2 saturated heterocycles. The lowest BCUT2D eigenvalue weighted by molar-refractivity contribution is -0.138. The van der Waals surface area contributed by atoms with Crippen LogP contribution in [0.25, 0.3) is 0 Å². The van der Waals surface area contributed by atoms with Crippen LogP contribution >= 0.6 is 11.8 Å². The maximum atomic E-state index is 12.4. The van der Waals surface area contributed by atoms with Crippen molar-refractivity contribution in [2.75, 3.05) is 24.7 Å². The van der Waals surface area contributed by atoms with Crippen molar-refractivity contribution < 1.29 is 9.90 Å².